The van der Waals surface area contributed by atoms with E-state index in [0.717, 1.165) is 5.56 Å². The van der Waals surface area contributed by atoms with Crippen LogP contribution in [-0.4, -0.2) is 33.3 Å². The van der Waals surface area contributed by atoms with E-state index in [1.807, 2.05) is 6.92 Å². The molecule has 0 heterocycles. The third-order valence-corrected chi connectivity index (χ3v) is 3.47. The predicted octanol–water partition coefficient (Wildman–Crippen LogP) is 3.02. The second-order valence-corrected chi connectivity index (χ2v) is 5.14. The highest BCUT2D eigenvalue weighted by atomic mass is 35.5. The largest absolute Gasteiger partial charge is 0.493 e. The molecule has 0 saturated heterocycles. The van der Waals surface area contributed by atoms with Gasteiger partial charge in [0.25, 0.3) is 5.91 Å². The molecule has 0 radical (unpaired) electrons. The second-order valence-electron chi connectivity index (χ2n) is 5.14. The zero-order valence-electron chi connectivity index (χ0n) is 14.5. The van der Waals surface area contributed by atoms with E-state index >= 15 is 0 Å². The zero-order valence-corrected chi connectivity index (χ0v) is 15.3. The summed E-state index contributed by atoms with van der Waals surface area (Å²) in [6.07, 6.45) is 0. The van der Waals surface area contributed by atoms with Gasteiger partial charge in [0.05, 0.1) is 14.2 Å². The van der Waals surface area contributed by atoms with Gasteiger partial charge < -0.3 is 25.3 Å². The van der Waals surface area contributed by atoms with Crippen molar-refractivity contribution in [1.29, 1.82) is 0 Å². The molecule has 0 aliphatic carbocycles. The minimum Gasteiger partial charge on any atom is -0.493 e. The number of nitrogens with two attached hydrogens (primary N) is 1. The maximum atomic E-state index is 12.5. The molecular formula is C18H23ClN2O4. The lowest BCUT2D eigenvalue weighted by Crippen LogP contribution is -2.14. The molecule has 3 N–H and O–H groups in total. The molecule has 0 spiro atoms. The Kier molecular flexibility index (Phi) is 8.04. The van der Waals surface area contributed by atoms with Crippen LogP contribution in [0.4, 0.5) is 5.69 Å². The minimum absolute atomic E-state index is 0. The van der Waals surface area contributed by atoms with E-state index in [1.54, 1.807) is 43.5 Å². The van der Waals surface area contributed by atoms with Gasteiger partial charge in [-0.15, -0.1) is 12.4 Å². The lowest BCUT2D eigenvalue weighted by molar-refractivity contribution is 0.102. The van der Waals surface area contributed by atoms with Crippen molar-refractivity contribution in [2.45, 2.75) is 6.92 Å². The normalized spacial score (nSPS) is 9.76. The Labute approximate surface area is 153 Å². The van der Waals surface area contributed by atoms with E-state index in [1.165, 1.54) is 7.11 Å². The van der Waals surface area contributed by atoms with E-state index in [0.29, 0.717) is 41.7 Å². The summed E-state index contributed by atoms with van der Waals surface area (Å²) in [6.45, 7) is 2.76. The molecule has 0 bridgehead atoms. The van der Waals surface area contributed by atoms with Crippen LogP contribution in [0.25, 0.3) is 0 Å². The van der Waals surface area contributed by atoms with Crippen LogP contribution in [-0.2, 0) is 0 Å². The van der Waals surface area contributed by atoms with Gasteiger partial charge in [0.2, 0.25) is 0 Å². The van der Waals surface area contributed by atoms with Crippen LogP contribution in [0.1, 0.15) is 15.9 Å². The van der Waals surface area contributed by atoms with E-state index in [9.17, 15) is 4.79 Å². The van der Waals surface area contributed by atoms with Crippen LogP contribution in [0, 0.1) is 6.92 Å². The van der Waals surface area contributed by atoms with Gasteiger partial charge in [0, 0.05) is 17.8 Å². The van der Waals surface area contributed by atoms with Crippen molar-refractivity contribution in [1.82, 2.24) is 0 Å². The number of halogens is 1. The summed E-state index contributed by atoms with van der Waals surface area (Å²) < 4.78 is 15.9. The number of carbonyl (C=O) groups is 1. The van der Waals surface area contributed by atoms with E-state index in [-0.39, 0.29) is 18.3 Å². The average molecular weight is 367 g/mol. The van der Waals surface area contributed by atoms with Crippen LogP contribution < -0.4 is 25.3 Å². The van der Waals surface area contributed by atoms with E-state index in [2.05, 4.69) is 5.32 Å². The summed E-state index contributed by atoms with van der Waals surface area (Å²) in [5.41, 5.74) is 7.39. The average Bonchev–Trinajstić information content (AvgIpc) is 2.60. The molecule has 0 aromatic heterocycles. The number of hydrogen-bond donors (Lipinski definition) is 2. The number of anilines is 1. The predicted molar refractivity (Wildman–Crippen MR) is 100 cm³/mol. The van der Waals surface area contributed by atoms with Crippen LogP contribution in [0.2, 0.25) is 0 Å². The number of nitrogens with one attached hydrogen (secondary N) is 1. The van der Waals surface area contributed by atoms with Gasteiger partial charge in [-0.2, -0.15) is 0 Å². The Morgan fingerprint density at radius 1 is 1.08 bits per heavy atom. The molecule has 7 heteroatoms. The SMILES string of the molecule is COc1cc(C)c(C(=O)Nc2ccc(OCCN)cc2)cc1OC.Cl. The Bertz CT molecular complexity index is 705. The van der Waals surface area contributed by atoms with Crippen molar-refractivity contribution < 1.29 is 19.0 Å². The lowest BCUT2D eigenvalue weighted by Gasteiger charge is -2.13. The van der Waals surface area contributed by atoms with Gasteiger partial charge in [-0.1, -0.05) is 0 Å². The van der Waals surface area contributed by atoms with Crippen LogP contribution in [0.15, 0.2) is 36.4 Å². The molecule has 2 aromatic carbocycles. The molecule has 136 valence electrons. The number of rotatable bonds is 7. The second kappa shape index (κ2) is 9.76. The molecule has 2 aromatic rings. The zero-order chi connectivity index (χ0) is 17.5. The molecular weight excluding hydrogens is 344 g/mol. The smallest absolute Gasteiger partial charge is 0.256 e. The van der Waals surface area contributed by atoms with Crippen molar-refractivity contribution in [3.8, 4) is 17.2 Å². The summed E-state index contributed by atoms with van der Waals surface area (Å²) in [5.74, 6) is 1.59. The number of ether oxygens (including phenoxy) is 3. The fraction of sp³-hybridized carbons (Fsp3) is 0.278. The van der Waals surface area contributed by atoms with Crippen molar-refractivity contribution in [3.63, 3.8) is 0 Å². The summed E-state index contributed by atoms with van der Waals surface area (Å²) in [6, 6.07) is 10.6. The first-order valence-electron chi connectivity index (χ1n) is 7.56. The summed E-state index contributed by atoms with van der Waals surface area (Å²) in [5, 5.41) is 2.86. The molecule has 6 nitrogen and oxygen atoms in total. The first-order valence-corrected chi connectivity index (χ1v) is 7.56. The standard InChI is InChI=1S/C18H22N2O4.ClH/c1-12-10-16(22-2)17(23-3)11-15(12)18(21)20-13-4-6-14(7-5-13)24-9-8-19;/h4-7,10-11H,8-9,19H2,1-3H3,(H,20,21);1H. The Morgan fingerprint density at radius 2 is 1.68 bits per heavy atom. The highest BCUT2D eigenvalue weighted by molar-refractivity contribution is 6.05. The molecule has 0 aliphatic rings. The molecule has 0 saturated carbocycles. The summed E-state index contributed by atoms with van der Waals surface area (Å²) in [7, 11) is 3.10. The van der Waals surface area contributed by atoms with Gasteiger partial charge >= 0.3 is 0 Å². The number of hydrogen-bond acceptors (Lipinski definition) is 5. The number of methoxy groups -OCH3 is 2. The number of aryl methyl sites for hydroxylation is 1. The molecule has 0 atom stereocenters. The number of benzene rings is 2. The quantitative estimate of drug-likeness (QED) is 0.787. The van der Waals surface area contributed by atoms with Gasteiger partial charge in [0.1, 0.15) is 12.4 Å². The van der Waals surface area contributed by atoms with E-state index in [4.69, 9.17) is 19.9 Å². The molecule has 0 fully saturated rings. The fourth-order valence-electron chi connectivity index (χ4n) is 2.23. The summed E-state index contributed by atoms with van der Waals surface area (Å²) in [4.78, 5) is 12.5. The molecule has 0 unspecified atom stereocenters. The topological polar surface area (TPSA) is 82.8 Å². The number of amides is 1. The first-order chi connectivity index (χ1) is 11.6. The molecule has 0 aliphatic heterocycles. The van der Waals surface area contributed by atoms with Crippen molar-refractivity contribution in [2.75, 3.05) is 32.7 Å². The van der Waals surface area contributed by atoms with Crippen molar-refractivity contribution in [2.24, 2.45) is 5.73 Å². The Hall–Kier alpha value is -2.44. The minimum atomic E-state index is -0.218. The Balaban J connectivity index is 0.00000312. The molecule has 25 heavy (non-hydrogen) atoms. The van der Waals surface area contributed by atoms with Gasteiger partial charge in [-0.05, 0) is 48.9 Å². The van der Waals surface area contributed by atoms with Crippen molar-refractivity contribution in [3.05, 3.63) is 47.5 Å². The van der Waals surface area contributed by atoms with Gasteiger partial charge in [-0.3, -0.25) is 4.79 Å². The molecule has 2 rings (SSSR count). The third-order valence-electron chi connectivity index (χ3n) is 3.47. The maximum Gasteiger partial charge on any atom is 0.256 e. The van der Waals surface area contributed by atoms with E-state index < -0.39 is 0 Å². The van der Waals surface area contributed by atoms with Crippen molar-refractivity contribution >= 4 is 24.0 Å². The highest BCUT2D eigenvalue weighted by Crippen LogP contribution is 2.30. The lowest BCUT2D eigenvalue weighted by atomic mass is 10.1. The first kappa shape index (κ1) is 20.6. The van der Waals surface area contributed by atoms with Gasteiger partial charge in [0.15, 0.2) is 11.5 Å². The van der Waals surface area contributed by atoms with Crippen LogP contribution in [0.3, 0.4) is 0 Å². The maximum absolute atomic E-state index is 12.5. The monoisotopic (exact) mass is 366 g/mol. The van der Waals surface area contributed by atoms with Crippen LogP contribution >= 0.6 is 12.4 Å². The fourth-order valence-corrected chi connectivity index (χ4v) is 2.23. The highest BCUT2D eigenvalue weighted by Gasteiger charge is 2.14. The van der Waals surface area contributed by atoms with Crippen LogP contribution in [0.5, 0.6) is 17.2 Å². The molecule has 1 amide bonds. The number of carbonyl (C=O) groups excluding carboxylic acids is 1. The third kappa shape index (κ3) is 5.27. The van der Waals surface area contributed by atoms with Gasteiger partial charge in [-0.25, -0.2) is 0 Å². The Morgan fingerprint density at radius 3 is 2.24 bits per heavy atom. The summed E-state index contributed by atoms with van der Waals surface area (Å²) >= 11 is 0.